The lowest BCUT2D eigenvalue weighted by Crippen LogP contribution is -2.29. The fourth-order valence-electron chi connectivity index (χ4n) is 2.01. The van der Waals surface area contributed by atoms with E-state index >= 15 is 0 Å². The number of nitrogens with zero attached hydrogens (tertiary/aromatic N) is 1. The van der Waals surface area contributed by atoms with Crippen molar-refractivity contribution in [2.75, 3.05) is 13.2 Å². The van der Waals surface area contributed by atoms with Gasteiger partial charge in [-0.05, 0) is 37.0 Å². The van der Waals surface area contributed by atoms with Crippen molar-refractivity contribution < 1.29 is 9.90 Å². The lowest BCUT2D eigenvalue weighted by atomic mass is 10.00. The number of nitriles is 1. The molecule has 4 heteroatoms. The lowest BCUT2D eigenvalue weighted by Gasteiger charge is -2.15. The van der Waals surface area contributed by atoms with E-state index in [9.17, 15) is 4.79 Å². The zero-order valence-corrected chi connectivity index (χ0v) is 11.2. The van der Waals surface area contributed by atoms with Crippen LogP contribution < -0.4 is 5.32 Å². The maximum atomic E-state index is 11.9. The van der Waals surface area contributed by atoms with Crippen molar-refractivity contribution in [2.24, 2.45) is 5.92 Å². The average Bonchev–Trinajstić information content (AvgIpc) is 2.45. The molecule has 0 saturated heterocycles. The summed E-state index contributed by atoms with van der Waals surface area (Å²) >= 11 is 0. The average molecular weight is 260 g/mol. The molecule has 0 heterocycles. The summed E-state index contributed by atoms with van der Waals surface area (Å²) in [5.41, 5.74) is 0.978. The number of amides is 1. The third kappa shape index (κ3) is 5.11. The Morgan fingerprint density at radius 2 is 2.26 bits per heavy atom. The molecule has 1 rings (SSSR count). The number of carbonyl (C=O) groups is 1. The molecule has 0 aromatic heterocycles. The van der Waals surface area contributed by atoms with E-state index in [1.165, 1.54) is 0 Å². The molecule has 4 nitrogen and oxygen atoms in total. The van der Waals surface area contributed by atoms with Crippen LogP contribution in [0.25, 0.3) is 0 Å². The standard InChI is InChI=1S/C15H20N2O2/c1-2-4-12(7-8-18)11-17-15(19)14-6-3-5-13(9-14)10-16/h3,5-6,9,12,18H,2,4,7-8,11H2,1H3,(H,17,19). The summed E-state index contributed by atoms with van der Waals surface area (Å²) in [6, 6.07) is 8.65. The van der Waals surface area contributed by atoms with Gasteiger partial charge in [-0.3, -0.25) is 4.79 Å². The monoisotopic (exact) mass is 260 g/mol. The lowest BCUT2D eigenvalue weighted by molar-refractivity contribution is 0.0943. The van der Waals surface area contributed by atoms with Crippen LogP contribution in [0.15, 0.2) is 24.3 Å². The van der Waals surface area contributed by atoms with Crippen LogP contribution >= 0.6 is 0 Å². The fourth-order valence-corrected chi connectivity index (χ4v) is 2.01. The Kier molecular flexibility index (Phi) is 6.62. The van der Waals surface area contributed by atoms with Gasteiger partial charge in [-0.1, -0.05) is 19.4 Å². The molecular formula is C15H20N2O2. The Bertz CT molecular complexity index is 446. The van der Waals surface area contributed by atoms with E-state index in [1.807, 2.05) is 6.07 Å². The van der Waals surface area contributed by atoms with Crippen molar-refractivity contribution >= 4 is 5.91 Å². The van der Waals surface area contributed by atoms with Gasteiger partial charge in [0.05, 0.1) is 11.6 Å². The second kappa shape index (κ2) is 8.28. The normalized spacial score (nSPS) is 11.6. The second-order valence-electron chi connectivity index (χ2n) is 4.57. The second-order valence-corrected chi connectivity index (χ2v) is 4.57. The zero-order chi connectivity index (χ0) is 14.1. The topological polar surface area (TPSA) is 73.1 Å². The van der Waals surface area contributed by atoms with Crippen molar-refractivity contribution in [2.45, 2.75) is 26.2 Å². The largest absolute Gasteiger partial charge is 0.396 e. The fraction of sp³-hybridized carbons (Fsp3) is 0.467. The molecule has 102 valence electrons. The van der Waals surface area contributed by atoms with Crippen LogP contribution in [-0.2, 0) is 0 Å². The van der Waals surface area contributed by atoms with Crippen molar-refractivity contribution in [3.8, 4) is 6.07 Å². The van der Waals surface area contributed by atoms with E-state index in [2.05, 4.69) is 12.2 Å². The first-order chi connectivity index (χ1) is 9.21. The minimum atomic E-state index is -0.170. The first-order valence-corrected chi connectivity index (χ1v) is 6.60. The first-order valence-electron chi connectivity index (χ1n) is 6.60. The number of hydrogen-bond donors (Lipinski definition) is 2. The van der Waals surface area contributed by atoms with Gasteiger partial charge in [-0.25, -0.2) is 0 Å². The number of benzene rings is 1. The minimum Gasteiger partial charge on any atom is -0.396 e. The molecule has 2 N–H and O–H groups in total. The number of nitrogens with one attached hydrogen (secondary N) is 1. The summed E-state index contributed by atoms with van der Waals surface area (Å²) < 4.78 is 0. The summed E-state index contributed by atoms with van der Waals surface area (Å²) in [5.74, 6) is 0.134. The zero-order valence-electron chi connectivity index (χ0n) is 11.2. The quantitative estimate of drug-likeness (QED) is 0.788. The molecule has 0 spiro atoms. The smallest absolute Gasteiger partial charge is 0.251 e. The van der Waals surface area contributed by atoms with Gasteiger partial charge in [0.2, 0.25) is 0 Å². The predicted octanol–water partition coefficient (Wildman–Crippen LogP) is 2.09. The summed E-state index contributed by atoms with van der Waals surface area (Å²) in [7, 11) is 0. The molecule has 0 fully saturated rings. The highest BCUT2D eigenvalue weighted by molar-refractivity contribution is 5.94. The van der Waals surface area contributed by atoms with Gasteiger partial charge in [0.1, 0.15) is 0 Å². The summed E-state index contributed by atoms with van der Waals surface area (Å²) in [6.45, 7) is 2.79. The molecule has 19 heavy (non-hydrogen) atoms. The maximum absolute atomic E-state index is 11.9. The molecule has 0 aliphatic heterocycles. The number of hydrogen-bond acceptors (Lipinski definition) is 3. The van der Waals surface area contributed by atoms with Gasteiger partial charge < -0.3 is 10.4 Å². The molecular weight excluding hydrogens is 240 g/mol. The summed E-state index contributed by atoms with van der Waals surface area (Å²) in [6.07, 6.45) is 2.72. The van der Waals surface area contributed by atoms with Crippen LogP contribution in [0, 0.1) is 17.2 Å². The van der Waals surface area contributed by atoms with E-state index in [1.54, 1.807) is 24.3 Å². The number of carbonyl (C=O) groups excluding carboxylic acids is 1. The van der Waals surface area contributed by atoms with Gasteiger partial charge >= 0.3 is 0 Å². The van der Waals surface area contributed by atoms with Gasteiger partial charge in [-0.15, -0.1) is 0 Å². The van der Waals surface area contributed by atoms with Gasteiger partial charge in [0.15, 0.2) is 0 Å². The Balaban J connectivity index is 2.56. The Labute approximate surface area is 114 Å². The molecule has 1 unspecified atom stereocenters. The Morgan fingerprint density at radius 1 is 1.47 bits per heavy atom. The molecule has 1 aromatic rings. The summed E-state index contributed by atoms with van der Waals surface area (Å²) in [4.78, 5) is 11.9. The van der Waals surface area contributed by atoms with E-state index in [0.29, 0.717) is 30.0 Å². The highest BCUT2D eigenvalue weighted by atomic mass is 16.3. The van der Waals surface area contributed by atoms with Gasteiger partial charge in [0, 0.05) is 18.7 Å². The summed E-state index contributed by atoms with van der Waals surface area (Å²) in [5, 5.41) is 20.6. The number of rotatable bonds is 7. The predicted molar refractivity (Wildman–Crippen MR) is 73.6 cm³/mol. The molecule has 0 saturated carbocycles. The van der Waals surface area contributed by atoms with Crippen LogP contribution in [0.3, 0.4) is 0 Å². The van der Waals surface area contributed by atoms with Crippen molar-refractivity contribution in [3.05, 3.63) is 35.4 Å². The van der Waals surface area contributed by atoms with Crippen LogP contribution in [0.1, 0.15) is 42.1 Å². The van der Waals surface area contributed by atoms with E-state index in [4.69, 9.17) is 10.4 Å². The molecule has 1 amide bonds. The molecule has 0 aliphatic rings. The van der Waals surface area contributed by atoms with Crippen LogP contribution in [0.2, 0.25) is 0 Å². The maximum Gasteiger partial charge on any atom is 0.251 e. The van der Waals surface area contributed by atoms with E-state index < -0.39 is 0 Å². The van der Waals surface area contributed by atoms with Crippen LogP contribution in [-0.4, -0.2) is 24.2 Å². The Morgan fingerprint density at radius 3 is 2.89 bits per heavy atom. The molecule has 0 bridgehead atoms. The van der Waals surface area contributed by atoms with E-state index in [0.717, 1.165) is 12.8 Å². The highest BCUT2D eigenvalue weighted by Gasteiger charge is 2.11. The van der Waals surface area contributed by atoms with Gasteiger partial charge in [-0.2, -0.15) is 5.26 Å². The first kappa shape index (κ1) is 15.2. The molecule has 0 radical (unpaired) electrons. The third-order valence-electron chi connectivity index (χ3n) is 3.04. The van der Waals surface area contributed by atoms with Crippen molar-refractivity contribution in [1.82, 2.24) is 5.32 Å². The van der Waals surface area contributed by atoms with Crippen molar-refractivity contribution in [1.29, 1.82) is 5.26 Å². The van der Waals surface area contributed by atoms with Crippen molar-refractivity contribution in [3.63, 3.8) is 0 Å². The Hall–Kier alpha value is -1.86. The highest BCUT2D eigenvalue weighted by Crippen LogP contribution is 2.10. The molecule has 0 aliphatic carbocycles. The number of aliphatic hydroxyl groups is 1. The third-order valence-corrected chi connectivity index (χ3v) is 3.04. The van der Waals surface area contributed by atoms with Gasteiger partial charge in [0.25, 0.3) is 5.91 Å². The van der Waals surface area contributed by atoms with Crippen LogP contribution in [0.5, 0.6) is 0 Å². The SMILES string of the molecule is CCCC(CCO)CNC(=O)c1cccc(C#N)c1. The molecule has 1 atom stereocenters. The molecule has 1 aromatic carbocycles. The van der Waals surface area contributed by atoms with Crippen LogP contribution in [0.4, 0.5) is 0 Å². The number of aliphatic hydroxyl groups excluding tert-OH is 1. The van der Waals surface area contributed by atoms with E-state index in [-0.39, 0.29) is 12.5 Å². The minimum absolute atomic E-state index is 0.143.